The van der Waals surface area contributed by atoms with Crippen molar-refractivity contribution in [3.8, 4) is 12.3 Å². The molecule has 3 heterocycles. The van der Waals surface area contributed by atoms with Gasteiger partial charge in [0.25, 0.3) is 5.56 Å². The maximum atomic E-state index is 12.1. The van der Waals surface area contributed by atoms with E-state index in [1.54, 1.807) is 0 Å². The van der Waals surface area contributed by atoms with Gasteiger partial charge in [-0.2, -0.15) is 0 Å². The standard InChI is InChI=1S/C14H17N2O8P/c1-4-8-5-16(13(18)15-11(8)17)12-9-10(24-25(3,19)20)14(23-12,6-21-2)7-22-9/h1,5,9-10,12H,6-7H2,2-3H3,(H,19,20)(H,15,17,18)/p-1/t9?,10-,12+,14+/m0/s1. The Bertz CT molecular complexity index is 880. The number of hydrogen-bond acceptors (Lipinski definition) is 8. The molecule has 1 N–H and O–H groups in total. The molecule has 2 aliphatic rings. The lowest BCUT2D eigenvalue weighted by Crippen LogP contribution is -2.46. The van der Waals surface area contributed by atoms with Crippen molar-refractivity contribution in [2.24, 2.45) is 0 Å². The molecule has 5 atom stereocenters. The minimum Gasteiger partial charge on any atom is -0.779 e. The number of nitrogens with one attached hydrogen (secondary N) is 1. The Hall–Kier alpha value is -1.73. The first-order valence-corrected chi connectivity index (χ1v) is 9.27. The van der Waals surface area contributed by atoms with Gasteiger partial charge >= 0.3 is 5.69 Å². The van der Waals surface area contributed by atoms with Crippen LogP contribution in [0.3, 0.4) is 0 Å². The average Bonchev–Trinajstić information content (AvgIpc) is 2.97. The van der Waals surface area contributed by atoms with Gasteiger partial charge in [0.05, 0.1) is 13.2 Å². The van der Waals surface area contributed by atoms with Gasteiger partial charge in [-0.15, -0.1) is 6.42 Å². The summed E-state index contributed by atoms with van der Waals surface area (Å²) >= 11 is 0. The summed E-state index contributed by atoms with van der Waals surface area (Å²) in [5.74, 6) is 2.16. The van der Waals surface area contributed by atoms with E-state index < -0.39 is 42.9 Å². The van der Waals surface area contributed by atoms with Crippen LogP contribution in [-0.4, -0.2) is 54.3 Å². The summed E-state index contributed by atoms with van der Waals surface area (Å²) in [4.78, 5) is 37.5. The molecule has 2 unspecified atom stereocenters. The van der Waals surface area contributed by atoms with E-state index in [2.05, 4.69) is 10.9 Å². The number of methoxy groups -OCH3 is 1. The van der Waals surface area contributed by atoms with Crippen molar-refractivity contribution < 1.29 is 28.2 Å². The van der Waals surface area contributed by atoms with E-state index in [1.807, 2.05) is 0 Å². The molecule has 0 aliphatic carbocycles. The van der Waals surface area contributed by atoms with Gasteiger partial charge in [-0.1, -0.05) is 5.92 Å². The minimum absolute atomic E-state index is 0.00916. The van der Waals surface area contributed by atoms with Crippen molar-refractivity contribution in [1.29, 1.82) is 0 Å². The average molecular weight is 371 g/mol. The van der Waals surface area contributed by atoms with Crippen LogP contribution >= 0.6 is 7.60 Å². The lowest BCUT2D eigenvalue weighted by Gasteiger charge is -2.32. The Balaban J connectivity index is 2.04. The van der Waals surface area contributed by atoms with E-state index in [-0.39, 0.29) is 18.8 Å². The zero-order chi connectivity index (χ0) is 18.4. The molecule has 0 amide bonds. The van der Waals surface area contributed by atoms with Crippen molar-refractivity contribution in [2.75, 3.05) is 27.0 Å². The summed E-state index contributed by atoms with van der Waals surface area (Å²) in [7, 11) is -2.69. The van der Waals surface area contributed by atoms with Gasteiger partial charge < -0.3 is 28.2 Å². The quantitative estimate of drug-likeness (QED) is 0.483. The van der Waals surface area contributed by atoms with Crippen molar-refractivity contribution in [3.63, 3.8) is 0 Å². The molecule has 2 bridgehead atoms. The molecule has 0 radical (unpaired) electrons. The molecular weight excluding hydrogens is 355 g/mol. The van der Waals surface area contributed by atoms with Gasteiger partial charge in [0.2, 0.25) is 0 Å². The predicted molar refractivity (Wildman–Crippen MR) is 82.1 cm³/mol. The van der Waals surface area contributed by atoms with Gasteiger partial charge in [-0.05, 0) is 0 Å². The van der Waals surface area contributed by atoms with Crippen molar-refractivity contribution in [2.45, 2.75) is 24.0 Å². The summed E-state index contributed by atoms with van der Waals surface area (Å²) in [6.07, 6.45) is 3.48. The molecule has 0 aromatic carbocycles. The third-order valence-electron chi connectivity index (χ3n) is 4.06. The van der Waals surface area contributed by atoms with Crippen LogP contribution in [0.1, 0.15) is 11.8 Å². The minimum atomic E-state index is -4.11. The monoisotopic (exact) mass is 371 g/mol. The fraction of sp³-hybridized carbons (Fsp3) is 0.571. The van der Waals surface area contributed by atoms with Crippen LogP contribution in [-0.2, 0) is 23.3 Å². The van der Waals surface area contributed by atoms with E-state index in [0.717, 1.165) is 17.4 Å². The second-order valence-corrected chi connectivity index (χ2v) is 7.69. The number of fused-ring (bicyclic) bond motifs is 2. The molecular formula is C14H16N2O8P-. The normalized spacial score (nSPS) is 33.1. The molecule has 2 saturated heterocycles. The number of H-pyrrole nitrogens is 1. The topological polar surface area (TPSA) is 132 Å². The molecule has 11 heteroatoms. The molecule has 2 fully saturated rings. The Labute approximate surface area is 142 Å². The van der Waals surface area contributed by atoms with Gasteiger partial charge in [0, 0.05) is 20.0 Å². The van der Waals surface area contributed by atoms with Crippen LogP contribution in [0.2, 0.25) is 0 Å². The van der Waals surface area contributed by atoms with Crippen molar-refractivity contribution in [3.05, 3.63) is 32.6 Å². The van der Waals surface area contributed by atoms with Crippen LogP contribution in [0.25, 0.3) is 0 Å². The summed E-state index contributed by atoms with van der Waals surface area (Å²) in [6.45, 7) is 0.959. The molecule has 136 valence electrons. The maximum absolute atomic E-state index is 12.1. The molecule has 0 spiro atoms. The van der Waals surface area contributed by atoms with Crippen LogP contribution in [0, 0.1) is 12.3 Å². The molecule has 1 aromatic heterocycles. The van der Waals surface area contributed by atoms with Crippen LogP contribution in [0.4, 0.5) is 0 Å². The number of aromatic nitrogens is 2. The lowest BCUT2D eigenvalue weighted by atomic mass is 10.0. The van der Waals surface area contributed by atoms with Crippen LogP contribution in [0.5, 0.6) is 0 Å². The second-order valence-electron chi connectivity index (χ2n) is 5.93. The molecule has 25 heavy (non-hydrogen) atoms. The highest BCUT2D eigenvalue weighted by molar-refractivity contribution is 7.50. The lowest BCUT2D eigenvalue weighted by molar-refractivity contribution is -0.208. The van der Waals surface area contributed by atoms with Gasteiger partial charge in [-0.25, -0.2) is 4.79 Å². The van der Waals surface area contributed by atoms with E-state index in [1.165, 1.54) is 7.11 Å². The number of rotatable bonds is 5. The number of hydrogen-bond donors (Lipinski definition) is 1. The molecule has 0 saturated carbocycles. The second kappa shape index (κ2) is 6.21. The Morgan fingerprint density at radius 1 is 1.60 bits per heavy atom. The Morgan fingerprint density at radius 3 is 2.92 bits per heavy atom. The number of nitrogens with zero attached hydrogens (tertiary/aromatic N) is 1. The van der Waals surface area contributed by atoms with Crippen molar-refractivity contribution >= 4 is 7.60 Å². The predicted octanol–water partition coefficient (Wildman–Crippen LogP) is -1.60. The first kappa shape index (κ1) is 18.1. The van der Waals surface area contributed by atoms with Crippen LogP contribution < -0.4 is 16.1 Å². The zero-order valence-electron chi connectivity index (χ0n) is 13.5. The first-order valence-electron chi connectivity index (χ1n) is 7.28. The molecule has 2 aliphatic heterocycles. The van der Waals surface area contributed by atoms with Gasteiger partial charge in [-0.3, -0.25) is 14.3 Å². The Kier molecular flexibility index (Phi) is 4.49. The Morgan fingerprint density at radius 2 is 2.32 bits per heavy atom. The number of ether oxygens (including phenoxy) is 3. The van der Waals surface area contributed by atoms with E-state index in [9.17, 15) is 19.0 Å². The summed E-state index contributed by atoms with van der Waals surface area (Å²) in [6, 6.07) is 0. The highest BCUT2D eigenvalue weighted by atomic mass is 31.2. The molecule has 1 aromatic rings. The zero-order valence-corrected chi connectivity index (χ0v) is 14.4. The smallest absolute Gasteiger partial charge is 0.330 e. The van der Waals surface area contributed by atoms with Gasteiger partial charge in [0.15, 0.2) is 6.23 Å². The molecule has 10 nitrogen and oxygen atoms in total. The SMILES string of the molecule is C#Cc1cn([C@@H]2O[C@]3(COC)COC2[C@@H]3OP(C)(=O)[O-])c(=O)[nH]c1=O. The molecule has 3 rings (SSSR count). The maximum Gasteiger partial charge on any atom is 0.330 e. The summed E-state index contributed by atoms with van der Waals surface area (Å²) in [5.41, 5.74) is -2.75. The number of aromatic amines is 1. The fourth-order valence-corrected chi connectivity index (χ4v) is 3.83. The third-order valence-corrected chi connectivity index (χ3v) is 4.67. The van der Waals surface area contributed by atoms with E-state index in [0.29, 0.717) is 0 Å². The largest absolute Gasteiger partial charge is 0.779 e. The third kappa shape index (κ3) is 3.11. The summed E-state index contributed by atoms with van der Waals surface area (Å²) in [5, 5.41) is 0. The first-order chi connectivity index (χ1) is 11.7. The van der Waals surface area contributed by atoms with E-state index >= 15 is 0 Å². The summed E-state index contributed by atoms with van der Waals surface area (Å²) < 4.78 is 34.4. The van der Waals surface area contributed by atoms with Gasteiger partial charge in [0.1, 0.15) is 31.0 Å². The number of terminal acetylenes is 1. The highest BCUT2D eigenvalue weighted by Crippen LogP contribution is 2.51. The highest BCUT2D eigenvalue weighted by Gasteiger charge is 2.64. The van der Waals surface area contributed by atoms with E-state index in [4.69, 9.17) is 25.2 Å². The van der Waals surface area contributed by atoms with Crippen molar-refractivity contribution in [1.82, 2.24) is 9.55 Å². The van der Waals surface area contributed by atoms with Crippen LogP contribution in [0.15, 0.2) is 15.8 Å². The fourth-order valence-electron chi connectivity index (χ4n) is 3.10.